The fraction of sp³-hybridized carbons (Fsp3) is 0.417. The Morgan fingerprint density at radius 3 is 2.90 bits per heavy atom. The van der Waals surface area contributed by atoms with Crippen molar-refractivity contribution in [3.63, 3.8) is 0 Å². The van der Waals surface area contributed by atoms with Gasteiger partial charge in [-0.15, -0.1) is 11.8 Å². The summed E-state index contributed by atoms with van der Waals surface area (Å²) < 4.78 is 4.75. The molecule has 7 nitrogen and oxygen atoms in total. The SMILES string of the molecule is COC(=O)[C@@]1(CO)C=C[C@H](n2cc(C)c(=O)[nH]c2=O)S1. The molecule has 0 aromatic carbocycles. The molecular weight excluding hydrogens is 284 g/mol. The summed E-state index contributed by atoms with van der Waals surface area (Å²) in [5.74, 6) is -0.585. The molecule has 1 aliphatic rings. The van der Waals surface area contributed by atoms with Crippen molar-refractivity contribution >= 4 is 17.7 Å². The number of ether oxygens (including phenoxy) is 1. The van der Waals surface area contributed by atoms with Gasteiger partial charge < -0.3 is 9.84 Å². The van der Waals surface area contributed by atoms with Crippen LogP contribution in [0.15, 0.2) is 27.9 Å². The molecule has 20 heavy (non-hydrogen) atoms. The minimum absolute atomic E-state index is 0.387. The molecule has 108 valence electrons. The number of H-pyrrole nitrogens is 1. The molecule has 0 fully saturated rings. The highest BCUT2D eigenvalue weighted by Gasteiger charge is 2.44. The lowest BCUT2D eigenvalue weighted by atomic mass is 10.1. The quantitative estimate of drug-likeness (QED) is 0.579. The topological polar surface area (TPSA) is 101 Å². The van der Waals surface area contributed by atoms with Gasteiger partial charge in [0.1, 0.15) is 5.37 Å². The summed E-state index contributed by atoms with van der Waals surface area (Å²) in [5, 5.41) is 8.94. The van der Waals surface area contributed by atoms with Crippen LogP contribution in [0.1, 0.15) is 10.9 Å². The Balaban J connectivity index is 2.38. The number of aryl methyl sites for hydroxylation is 1. The van der Waals surface area contributed by atoms with Crippen molar-refractivity contribution in [2.75, 3.05) is 13.7 Å². The number of thioether (sulfide) groups is 1. The number of hydrogen-bond acceptors (Lipinski definition) is 6. The standard InChI is InChI=1S/C12H14N2O5S/c1-7-5-14(11(18)13-9(7)16)8-3-4-12(6-15,20-8)10(17)19-2/h3-5,8,15H,6H2,1-2H3,(H,13,16,18)/t8-,12+/m1/s1. The number of esters is 1. The smallest absolute Gasteiger partial charge is 0.329 e. The minimum Gasteiger partial charge on any atom is -0.468 e. The minimum atomic E-state index is -1.22. The zero-order valence-electron chi connectivity index (χ0n) is 11.0. The number of carbonyl (C=O) groups excluding carboxylic acids is 1. The fourth-order valence-corrected chi connectivity index (χ4v) is 3.17. The number of aliphatic hydroxyl groups excluding tert-OH is 1. The van der Waals surface area contributed by atoms with Crippen LogP contribution in [-0.2, 0) is 9.53 Å². The lowest BCUT2D eigenvalue weighted by molar-refractivity contribution is -0.143. The van der Waals surface area contributed by atoms with E-state index in [2.05, 4.69) is 9.72 Å². The number of rotatable bonds is 3. The van der Waals surface area contributed by atoms with E-state index in [1.807, 2.05) is 0 Å². The summed E-state index contributed by atoms with van der Waals surface area (Å²) in [4.78, 5) is 37.1. The number of carbonyl (C=O) groups is 1. The highest BCUT2D eigenvalue weighted by molar-refractivity contribution is 8.02. The maximum Gasteiger partial charge on any atom is 0.329 e. The molecule has 0 bridgehead atoms. The van der Waals surface area contributed by atoms with Crippen molar-refractivity contribution < 1.29 is 14.6 Å². The van der Waals surface area contributed by atoms with E-state index in [9.17, 15) is 19.5 Å². The molecule has 0 saturated carbocycles. The molecule has 0 amide bonds. The summed E-state index contributed by atoms with van der Waals surface area (Å²) in [6, 6.07) is 0. The highest BCUT2D eigenvalue weighted by atomic mass is 32.2. The van der Waals surface area contributed by atoms with Crippen LogP contribution in [0, 0.1) is 6.92 Å². The van der Waals surface area contributed by atoms with Gasteiger partial charge in [-0.25, -0.2) is 4.79 Å². The Bertz CT molecular complexity index is 677. The van der Waals surface area contributed by atoms with Crippen LogP contribution < -0.4 is 11.2 Å². The van der Waals surface area contributed by atoms with Crippen molar-refractivity contribution in [3.05, 3.63) is 44.8 Å². The summed E-state index contributed by atoms with van der Waals surface area (Å²) in [6.45, 7) is 1.14. The lowest BCUT2D eigenvalue weighted by Gasteiger charge is -2.23. The Kier molecular flexibility index (Phi) is 3.87. The Morgan fingerprint density at radius 1 is 1.60 bits per heavy atom. The van der Waals surface area contributed by atoms with E-state index in [1.54, 1.807) is 13.0 Å². The largest absolute Gasteiger partial charge is 0.468 e. The van der Waals surface area contributed by atoms with E-state index >= 15 is 0 Å². The summed E-state index contributed by atoms with van der Waals surface area (Å²) >= 11 is 1.08. The molecule has 0 spiro atoms. The van der Waals surface area contributed by atoms with E-state index in [-0.39, 0.29) is 0 Å². The van der Waals surface area contributed by atoms with Crippen molar-refractivity contribution in [1.82, 2.24) is 9.55 Å². The van der Waals surface area contributed by atoms with Crippen LogP contribution in [0.4, 0.5) is 0 Å². The zero-order chi connectivity index (χ0) is 14.9. The van der Waals surface area contributed by atoms with Crippen LogP contribution >= 0.6 is 11.8 Å². The number of aromatic amines is 1. The van der Waals surface area contributed by atoms with Gasteiger partial charge in [0.25, 0.3) is 5.56 Å². The summed E-state index contributed by atoms with van der Waals surface area (Å²) in [7, 11) is 1.23. The molecule has 0 saturated heterocycles. The van der Waals surface area contributed by atoms with Crippen LogP contribution in [0.2, 0.25) is 0 Å². The average Bonchev–Trinajstić information content (AvgIpc) is 2.87. The van der Waals surface area contributed by atoms with Gasteiger partial charge in [-0.2, -0.15) is 0 Å². The fourth-order valence-electron chi connectivity index (χ4n) is 1.90. The van der Waals surface area contributed by atoms with Gasteiger partial charge in [-0.3, -0.25) is 19.1 Å². The Hall–Kier alpha value is -1.80. The van der Waals surface area contributed by atoms with Crippen LogP contribution in [0.25, 0.3) is 0 Å². The summed E-state index contributed by atoms with van der Waals surface area (Å²) in [6.07, 6.45) is 4.56. The van der Waals surface area contributed by atoms with Gasteiger partial charge >= 0.3 is 11.7 Å². The predicted molar refractivity (Wildman–Crippen MR) is 73.7 cm³/mol. The molecule has 1 aromatic rings. The van der Waals surface area contributed by atoms with E-state index < -0.39 is 33.9 Å². The molecule has 1 aromatic heterocycles. The molecule has 0 aliphatic carbocycles. The molecule has 8 heteroatoms. The van der Waals surface area contributed by atoms with Crippen LogP contribution in [-0.4, -0.2) is 39.1 Å². The number of methoxy groups -OCH3 is 1. The molecule has 2 rings (SSSR count). The van der Waals surface area contributed by atoms with E-state index in [1.165, 1.54) is 23.9 Å². The number of hydrogen-bond donors (Lipinski definition) is 2. The van der Waals surface area contributed by atoms with E-state index in [4.69, 9.17) is 0 Å². The highest BCUT2D eigenvalue weighted by Crippen LogP contribution is 2.43. The van der Waals surface area contributed by atoms with Crippen molar-refractivity contribution in [2.45, 2.75) is 17.0 Å². The monoisotopic (exact) mass is 298 g/mol. The first-order valence-electron chi connectivity index (χ1n) is 5.82. The van der Waals surface area contributed by atoms with Gasteiger partial charge in [0, 0.05) is 11.8 Å². The van der Waals surface area contributed by atoms with Gasteiger partial charge in [0.05, 0.1) is 13.7 Å². The van der Waals surface area contributed by atoms with Gasteiger partial charge in [-0.1, -0.05) is 12.2 Å². The maximum atomic E-state index is 11.8. The maximum absolute atomic E-state index is 11.8. The van der Waals surface area contributed by atoms with E-state index in [0.29, 0.717) is 5.56 Å². The first-order chi connectivity index (χ1) is 9.43. The van der Waals surface area contributed by atoms with Crippen molar-refractivity contribution in [1.29, 1.82) is 0 Å². The van der Waals surface area contributed by atoms with Gasteiger partial charge in [0.2, 0.25) is 0 Å². The molecule has 2 N–H and O–H groups in total. The third kappa shape index (κ3) is 2.32. The lowest BCUT2D eigenvalue weighted by Crippen LogP contribution is -2.38. The summed E-state index contributed by atoms with van der Waals surface area (Å²) in [5.41, 5.74) is -0.626. The first-order valence-corrected chi connectivity index (χ1v) is 6.70. The second-order valence-electron chi connectivity index (χ2n) is 4.39. The van der Waals surface area contributed by atoms with Gasteiger partial charge in [-0.05, 0) is 6.92 Å². The second kappa shape index (κ2) is 5.29. The zero-order valence-corrected chi connectivity index (χ0v) is 11.8. The third-order valence-electron chi connectivity index (χ3n) is 3.05. The van der Waals surface area contributed by atoms with Crippen molar-refractivity contribution in [3.8, 4) is 0 Å². The van der Waals surface area contributed by atoms with Crippen LogP contribution in [0.3, 0.4) is 0 Å². The Morgan fingerprint density at radius 2 is 2.30 bits per heavy atom. The Labute approximate surface area is 118 Å². The molecule has 2 atom stereocenters. The third-order valence-corrected chi connectivity index (χ3v) is 4.53. The predicted octanol–water partition coefficient (Wildman–Crippen LogP) is -0.449. The number of aliphatic hydroxyl groups is 1. The number of nitrogens with one attached hydrogen (secondary N) is 1. The molecule has 2 heterocycles. The van der Waals surface area contributed by atoms with Crippen molar-refractivity contribution in [2.24, 2.45) is 0 Å². The van der Waals surface area contributed by atoms with E-state index in [0.717, 1.165) is 11.8 Å². The van der Waals surface area contributed by atoms with Gasteiger partial charge in [0.15, 0.2) is 4.75 Å². The average molecular weight is 298 g/mol. The van der Waals surface area contributed by atoms with Crippen LogP contribution in [0.5, 0.6) is 0 Å². The number of nitrogens with zero attached hydrogens (tertiary/aromatic N) is 1. The molecule has 1 aliphatic heterocycles. The normalized spacial score (nSPS) is 24.9. The first kappa shape index (κ1) is 14.6. The molecular formula is C12H14N2O5S. The molecule has 0 unspecified atom stereocenters. The second-order valence-corrected chi connectivity index (χ2v) is 5.83. The number of aromatic nitrogens is 2. The molecule has 0 radical (unpaired) electrons.